The maximum Gasteiger partial charge on any atom is 0.0645 e. The van der Waals surface area contributed by atoms with Gasteiger partial charge in [0.05, 0.1) is 8.80 Å². The molecule has 13 heavy (non-hydrogen) atoms. The van der Waals surface area contributed by atoms with Crippen molar-refractivity contribution in [3.05, 3.63) is 0 Å². The third kappa shape index (κ3) is 3.82. The van der Waals surface area contributed by atoms with Gasteiger partial charge in [0.25, 0.3) is 0 Å². The lowest BCUT2D eigenvalue weighted by molar-refractivity contribution is 0.614. The molecule has 0 fully saturated rings. The minimum atomic E-state index is -0.721. The van der Waals surface area contributed by atoms with Gasteiger partial charge in [0, 0.05) is 0 Å². The Kier molecular flexibility index (Phi) is 5.23. The molecular formula is C11H27NSi. The molecule has 0 saturated carbocycles. The van der Waals surface area contributed by atoms with Gasteiger partial charge in [-0.1, -0.05) is 47.1 Å². The zero-order valence-electron chi connectivity index (χ0n) is 10.4. The molecule has 0 bridgehead atoms. The van der Waals surface area contributed by atoms with Crippen LogP contribution in [0, 0.1) is 0 Å². The maximum absolute atomic E-state index is 3.50. The third-order valence-corrected chi connectivity index (χ3v) is 8.07. The van der Waals surface area contributed by atoms with Gasteiger partial charge in [-0.25, -0.2) is 0 Å². The molecule has 0 aliphatic carbocycles. The van der Waals surface area contributed by atoms with Crippen molar-refractivity contribution in [2.75, 3.05) is 7.05 Å². The van der Waals surface area contributed by atoms with E-state index in [0.29, 0.717) is 5.04 Å². The summed E-state index contributed by atoms with van der Waals surface area (Å²) in [5, 5.41) is 4.04. The number of nitrogens with one attached hydrogen (secondary N) is 1. The molecular weight excluding hydrogens is 174 g/mol. The summed E-state index contributed by atoms with van der Waals surface area (Å²) < 4.78 is 0. The highest BCUT2D eigenvalue weighted by molar-refractivity contribution is 6.65. The van der Waals surface area contributed by atoms with Crippen LogP contribution in [-0.2, 0) is 0 Å². The van der Waals surface area contributed by atoms with Gasteiger partial charge in [0.2, 0.25) is 0 Å². The van der Waals surface area contributed by atoms with E-state index in [-0.39, 0.29) is 0 Å². The van der Waals surface area contributed by atoms with Gasteiger partial charge in [0.15, 0.2) is 0 Å². The normalized spacial score (nSPS) is 17.5. The minimum Gasteiger partial charge on any atom is -0.320 e. The average Bonchev–Trinajstić information content (AvgIpc) is 1.96. The minimum absolute atomic E-state index is 0.540. The maximum atomic E-state index is 3.50. The molecule has 0 aromatic rings. The van der Waals surface area contributed by atoms with Crippen molar-refractivity contribution in [3.8, 4) is 0 Å². The van der Waals surface area contributed by atoms with Crippen LogP contribution in [0.4, 0.5) is 0 Å². The first kappa shape index (κ1) is 13.2. The predicted octanol–water partition coefficient (Wildman–Crippen LogP) is 2.96. The van der Waals surface area contributed by atoms with E-state index in [1.54, 1.807) is 0 Å². The SMILES string of the molecule is CCC(NC)[SiH](C(C)C)C(C)(C)C. The van der Waals surface area contributed by atoms with Crippen molar-refractivity contribution >= 4 is 8.80 Å². The van der Waals surface area contributed by atoms with E-state index in [0.717, 1.165) is 11.2 Å². The zero-order chi connectivity index (χ0) is 10.6. The third-order valence-electron chi connectivity index (χ3n) is 2.96. The van der Waals surface area contributed by atoms with E-state index < -0.39 is 8.80 Å². The van der Waals surface area contributed by atoms with E-state index in [9.17, 15) is 0 Å². The number of hydrogen-bond donors (Lipinski definition) is 1. The van der Waals surface area contributed by atoms with Crippen LogP contribution in [0.1, 0.15) is 48.0 Å². The van der Waals surface area contributed by atoms with Crippen LogP contribution in [0.15, 0.2) is 0 Å². The lowest BCUT2D eigenvalue weighted by Gasteiger charge is -2.38. The fraction of sp³-hybridized carbons (Fsp3) is 1.00. The average molecular weight is 201 g/mol. The van der Waals surface area contributed by atoms with Gasteiger partial charge in [0.1, 0.15) is 0 Å². The first-order valence-electron chi connectivity index (χ1n) is 5.51. The summed E-state index contributed by atoms with van der Waals surface area (Å²) in [5.41, 5.74) is 1.68. The molecule has 0 saturated heterocycles. The van der Waals surface area contributed by atoms with Crippen molar-refractivity contribution in [2.45, 2.75) is 64.2 Å². The van der Waals surface area contributed by atoms with Crippen LogP contribution in [0.2, 0.25) is 10.6 Å². The summed E-state index contributed by atoms with van der Waals surface area (Å²) >= 11 is 0. The second-order valence-electron chi connectivity index (χ2n) is 5.44. The Balaban J connectivity index is 4.59. The zero-order valence-corrected chi connectivity index (χ0v) is 11.6. The summed E-state index contributed by atoms with van der Waals surface area (Å²) in [6.07, 6.45) is 1.28. The molecule has 2 unspecified atom stereocenters. The molecule has 1 nitrogen and oxygen atoms in total. The summed E-state index contributed by atoms with van der Waals surface area (Å²) in [6.45, 7) is 14.3. The lowest BCUT2D eigenvalue weighted by atomic mass is 10.2. The van der Waals surface area contributed by atoms with Gasteiger partial charge in [-0.05, 0) is 24.2 Å². The highest BCUT2D eigenvalue weighted by atomic mass is 28.3. The molecule has 0 amide bonds. The monoisotopic (exact) mass is 201 g/mol. The Bertz CT molecular complexity index is 134. The first-order valence-corrected chi connectivity index (χ1v) is 7.42. The molecule has 80 valence electrons. The van der Waals surface area contributed by atoms with Crippen LogP contribution in [0.5, 0.6) is 0 Å². The highest BCUT2D eigenvalue weighted by Gasteiger charge is 2.34. The molecule has 0 radical (unpaired) electrons. The molecule has 2 heteroatoms. The van der Waals surface area contributed by atoms with Crippen molar-refractivity contribution in [1.82, 2.24) is 5.32 Å². The van der Waals surface area contributed by atoms with Crippen LogP contribution < -0.4 is 5.32 Å². The lowest BCUT2D eigenvalue weighted by Crippen LogP contribution is -2.48. The highest BCUT2D eigenvalue weighted by Crippen LogP contribution is 2.36. The molecule has 0 aromatic heterocycles. The molecule has 0 rings (SSSR count). The molecule has 0 aliphatic rings. The van der Waals surface area contributed by atoms with Crippen LogP contribution >= 0.6 is 0 Å². The Morgan fingerprint density at radius 3 is 1.77 bits per heavy atom. The van der Waals surface area contributed by atoms with Crippen LogP contribution in [0.25, 0.3) is 0 Å². The van der Waals surface area contributed by atoms with Crippen molar-refractivity contribution < 1.29 is 0 Å². The first-order chi connectivity index (χ1) is 5.84. The van der Waals surface area contributed by atoms with Crippen LogP contribution in [0.3, 0.4) is 0 Å². The largest absolute Gasteiger partial charge is 0.320 e. The Morgan fingerprint density at radius 2 is 1.69 bits per heavy atom. The predicted molar refractivity (Wildman–Crippen MR) is 65.1 cm³/mol. The van der Waals surface area contributed by atoms with Gasteiger partial charge in [-0.15, -0.1) is 0 Å². The Morgan fingerprint density at radius 1 is 1.23 bits per heavy atom. The Hall–Kier alpha value is 0.177. The topological polar surface area (TPSA) is 12.0 Å². The van der Waals surface area contributed by atoms with E-state index in [1.165, 1.54) is 6.42 Å². The van der Waals surface area contributed by atoms with E-state index in [2.05, 4.69) is 53.9 Å². The number of hydrogen-bond acceptors (Lipinski definition) is 1. The standard InChI is InChI=1S/C11H27NSi/c1-8-10(12-7)13(9(2)3)11(4,5)6/h9-10,12-13H,8H2,1-7H3. The molecule has 2 atom stereocenters. The van der Waals surface area contributed by atoms with E-state index in [1.807, 2.05) is 0 Å². The van der Waals surface area contributed by atoms with E-state index >= 15 is 0 Å². The van der Waals surface area contributed by atoms with Gasteiger partial charge in [-0.2, -0.15) is 0 Å². The van der Waals surface area contributed by atoms with Gasteiger partial charge in [-0.3, -0.25) is 0 Å². The molecule has 0 heterocycles. The summed E-state index contributed by atoms with van der Waals surface area (Å²) in [6, 6.07) is 0. The number of rotatable bonds is 4. The Labute approximate surface area is 85.9 Å². The molecule has 1 N–H and O–H groups in total. The smallest absolute Gasteiger partial charge is 0.0645 e. The van der Waals surface area contributed by atoms with Crippen molar-refractivity contribution in [3.63, 3.8) is 0 Å². The van der Waals surface area contributed by atoms with Crippen LogP contribution in [-0.4, -0.2) is 21.5 Å². The molecule has 0 spiro atoms. The second-order valence-corrected chi connectivity index (χ2v) is 10.4. The van der Waals surface area contributed by atoms with Gasteiger partial charge < -0.3 is 5.32 Å². The molecule has 0 aromatic carbocycles. The fourth-order valence-corrected chi connectivity index (χ4v) is 7.71. The second kappa shape index (κ2) is 5.16. The quantitative estimate of drug-likeness (QED) is 0.690. The summed E-state index contributed by atoms with van der Waals surface area (Å²) in [4.78, 5) is 0. The fourth-order valence-electron chi connectivity index (χ4n) is 2.71. The summed E-state index contributed by atoms with van der Waals surface area (Å²) in [5.74, 6) is 0. The van der Waals surface area contributed by atoms with E-state index in [4.69, 9.17) is 0 Å². The van der Waals surface area contributed by atoms with Crippen molar-refractivity contribution in [1.29, 1.82) is 0 Å². The van der Waals surface area contributed by atoms with Crippen molar-refractivity contribution in [2.24, 2.45) is 0 Å². The summed E-state index contributed by atoms with van der Waals surface area (Å²) in [7, 11) is 1.39. The molecule has 0 aliphatic heterocycles. The van der Waals surface area contributed by atoms with Gasteiger partial charge >= 0.3 is 0 Å².